The smallest absolute Gasteiger partial charge is 0.382 e. The molecule has 0 bridgehead atoms. The van der Waals surface area contributed by atoms with E-state index in [1.54, 1.807) is 6.07 Å². The Morgan fingerprint density at radius 1 is 1.15 bits per heavy atom. The predicted molar refractivity (Wildman–Crippen MR) is 116 cm³/mol. The van der Waals surface area contributed by atoms with E-state index in [4.69, 9.17) is 11.6 Å². The highest BCUT2D eigenvalue weighted by molar-refractivity contribution is 6.31. The minimum atomic E-state index is -4.49. The molecular weight excluding hydrogens is 483 g/mol. The quantitative estimate of drug-likeness (QED) is 0.392. The van der Waals surface area contributed by atoms with Gasteiger partial charge in [-0.25, -0.2) is 13.6 Å². The fourth-order valence-electron chi connectivity index (χ4n) is 4.11. The van der Waals surface area contributed by atoms with Crippen molar-refractivity contribution in [3.8, 4) is 0 Å². The van der Waals surface area contributed by atoms with E-state index in [2.05, 4.69) is 15.5 Å². The second-order valence-corrected chi connectivity index (χ2v) is 8.61. The average Bonchev–Trinajstić information content (AvgIpc) is 3.26. The summed E-state index contributed by atoms with van der Waals surface area (Å²) < 4.78 is 68.4. The van der Waals surface area contributed by atoms with Crippen LogP contribution in [0.5, 0.6) is 0 Å². The topological polar surface area (TPSA) is 81.2 Å². The van der Waals surface area contributed by atoms with Crippen LogP contribution in [0.3, 0.4) is 0 Å². The van der Waals surface area contributed by atoms with E-state index in [-0.39, 0.29) is 47.7 Å². The zero-order valence-corrected chi connectivity index (χ0v) is 18.3. The molecule has 0 saturated carbocycles. The van der Waals surface area contributed by atoms with E-state index in [1.807, 2.05) is 0 Å². The molecule has 1 aliphatic rings. The first-order valence-corrected chi connectivity index (χ1v) is 10.8. The molecule has 2 heterocycles. The maximum atomic E-state index is 15.2. The van der Waals surface area contributed by atoms with Crippen molar-refractivity contribution in [3.63, 3.8) is 0 Å². The van der Waals surface area contributed by atoms with Crippen molar-refractivity contribution >= 4 is 34.2 Å². The first-order chi connectivity index (χ1) is 16.0. The maximum absolute atomic E-state index is 15.2. The summed E-state index contributed by atoms with van der Waals surface area (Å²) in [5, 5.41) is 20.1. The van der Waals surface area contributed by atoms with Gasteiger partial charge in [-0.1, -0.05) is 11.6 Å². The molecule has 0 spiro atoms. The van der Waals surface area contributed by atoms with E-state index in [0.717, 1.165) is 24.3 Å². The minimum absolute atomic E-state index is 0.00550. The van der Waals surface area contributed by atoms with Crippen molar-refractivity contribution < 1.29 is 31.9 Å². The Hall–Kier alpha value is -2.92. The second kappa shape index (κ2) is 9.03. The Balaban J connectivity index is 1.39. The number of H-pyrrole nitrogens is 1. The van der Waals surface area contributed by atoms with E-state index in [9.17, 15) is 23.1 Å². The first-order valence-electron chi connectivity index (χ1n) is 10.4. The van der Waals surface area contributed by atoms with Gasteiger partial charge < -0.3 is 15.3 Å². The highest BCUT2D eigenvalue weighted by atomic mass is 35.5. The molecule has 1 unspecified atom stereocenters. The number of hydrogen-bond donors (Lipinski definition) is 3. The molecule has 34 heavy (non-hydrogen) atoms. The number of urea groups is 1. The molecule has 1 atom stereocenters. The van der Waals surface area contributed by atoms with Crippen molar-refractivity contribution in [2.45, 2.75) is 31.0 Å². The number of aliphatic hydroxyl groups excluding tert-OH is 1. The number of nitrogens with one attached hydrogen (secondary N) is 2. The zero-order chi connectivity index (χ0) is 24.7. The SMILES string of the molecule is O=C(Nc1ccc(C(F)(F)F)cc1)N1CCC(C(F)(F)C(O)c2cc(Cl)cc3cn[nH]c23)CC1. The van der Waals surface area contributed by atoms with Gasteiger partial charge in [-0.3, -0.25) is 5.10 Å². The van der Waals surface area contributed by atoms with Gasteiger partial charge in [0.2, 0.25) is 0 Å². The zero-order valence-electron chi connectivity index (χ0n) is 17.5. The lowest BCUT2D eigenvalue weighted by molar-refractivity contribution is -0.159. The first kappa shape index (κ1) is 24.2. The standard InChI is InChI=1S/C22H20ClF5N4O2/c23-15-9-12-11-29-31-18(12)17(10-15)19(33)21(24,25)13-5-7-32(8-6-13)20(34)30-16-3-1-14(2-4-16)22(26,27)28/h1-4,9-11,13,19,33H,5-8H2,(H,29,31)(H,30,34). The Morgan fingerprint density at radius 2 is 1.79 bits per heavy atom. The van der Waals surface area contributed by atoms with Gasteiger partial charge >= 0.3 is 12.2 Å². The average molecular weight is 503 g/mol. The number of benzene rings is 2. The molecule has 4 rings (SSSR count). The van der Waals surface area contributed by atoms with Crippen LogP contribution < -0.4 is 5.32 Å². The minimum Gasteiger partial charge on any atom is -0.382 e. The molecule has 1 aliphatic heterocycles. The Labute approximate surface area is 195 Å². The number of rotatable bonds is 4. The summed E-state index contributed by atoms with van der Waals surface area (Å²) in [7, 11) is 0. The molecule has 3 aromatic rings. The summed E-state index contributed by atoms with van der Waals surface area (Å²) in [4.78, 5) is 13.8. The monoisotopic (exact) mass is 502 g/mol. The number of amides is 2. The van der Waals surface area contributed by atoms with Crippen LogP contribution in [-0.2, 0) is 6.18 Å². The molecule has 2 aromatic carbocycles. The highest BCUT2D eigenvalue weighted by Gasteiger charge is 2.49. The second-order valence-electron chi connectivity index (χ2n) is 8.17. The van der Waals surface area contributed by atoms with Gasteiger partial charge in [0, 0.05) is 40.7 Å². The normalized spacial score (nSPS) is 16.6. The number of carbonyl (C=O) groups excluding carboxylic acids is 1. The summed E-state index contributed by atoms with van der Waals surface area (Å²) in [6.07, 6.45) is -5.35. The van der Waals surface area contributed by atoms with Crippen molar-refractivity contribution in [2.75, 3.05) is 18.4 Å². The number of carbonyl (C=O) groups is 1. The third-order valence-electron chi connectivity index (χ3n) is 5.99. The van der Waals surface area contributed by atoms with Gasteiger partial charge in [0.25, 0.3) is 5.92 Å². The predicted octanol–water partition coefficient (Wildman–Crippen LogP) is 5.85. The summed E-state index contributed by atoms with van der Waals surface area (Å²) in [5.74, 6) is -4.70. The van der Waals surface area contributed by atoms with Crippen molar-refractivity contribution in [1.29, 1.82) is 0 Å². The van der Waals surface area contributed by atoms with E-state index < -0.39 is 35.7 Å². The Kier molecular flexibility index (Phi) is 6.43. The van der Waals surface area contributed by atoms with E-state index in [1.165, 1.54) is 17.2 Å². The number of anilines is 1. The molecule has 0 radical (unpaired) electrons. The van der Waals surface area contributed by atoms with E-state index >= 15 is 8.78 Å². The van der Waals surface area contributed by atoms with Crippen molar-refractivity contribution in [2.24, 2.45) is 5.92 Å². The van der Waals surface area contributed by atoms with Crippen LogP contribution in [0, 0.1) is 5.92 Å². The molecule has 1 aromatic heterocycles. The van der Waals surface area contributed by atoms with Crippen LogP contribution in [-0.4, -0.2) is 45.2 Å². The molecular formula is C22H20ClF5N4O2. The van der Waals surface area contributed by atoms with Crippen LogP contribution >= 0.6 is 11.6 Å². The molecule has 2 amide bonds. The van der Waals surface area contributed by atoms with Crippen LogP contribution in [0.2, 0.25) is 5.02 Å². The van der Waals surface area contributed by atoms with Crippen molar-refractivity contribution in [3.05, 3.63) is 58.7 Å². The van der Waals surface area contributed by atoms with Crippen LogP contribution in [0.15, 0.2) is 42.6 Å². The summed E-state index contributed by atoms with van der Waals surface area (Å²) in [5.41, 5.74) is -0.484. The number of aromatic amines is 1. The maximum Gasteiger partial charge on any atom is 0.416 e. The van der Waals surface area contributed by atoms with E-state index in [0.29, 0.717) is 5.39 Å². The van der Waals surface area contributed by atoms with Gasteiger partial charge in [-0.05, 0) is 49.2 Å². The lowest BCUT2D eigenvalue weighted by atomic mass is 9.85. The Bertz CT molecular complexity index is 1170. The molecule has 12 heteroatoms. The fraction of sp³-hybridized carbons (Fsp3) is 0.364. The summed E-state index contributed by atoms with van der Waals surface area (Å²) >= 11 is 6.01. The Morgan fingerprint density at radius 3 is 2.41 bits per heavy atom. The number of aromatic nitrogens is 2. The number of likely N-dealkylation sites (tertiary alicyclic amines) is 1. The summed E-state index contributed by atoms with van der Waals surface area (Å²) in [6.45, 7) is -0.0110. The van der Waals surface area contributed by atoms with Gasteiger partial charge in [0.1, 0.15) is 6.10 Å². The third-order valence-corrected chi connectivity index (χ3v) is 6.21. The van der Waals surface area contributed by atoms with Crippen LogP contribution in [0.4, 0.5) is 32.4 Å². The third kappa shape index (κ3) is 4.80. The molecule has 3 N–H and O–H groups in total. The lowest BCUT2D eigenvalue weighted by Crippen LogP contribution is -2.46. The number of hydrogen-bond acceptors (Lipinski definition) is 3. The van der Waals surface area contributed by atoms with Gasteiger partial charge in [0.15, 0.2) is 0 Å². The number of aliphatic hydroxyl groups is 1. The molecule has 182 valence electrons. The number of fused-ring (bicyclic) bond motifs is 1. The lowest BCUT2D eigenvalue weighted by Gasteiger charge is -2.37. The van der Waals surface area contributed by atoms with Gasteiger partial charge in [-0.15, -0.1) is 0 Å². The summed E-state index contributed by atoms with van der Waals surface area (Å²) in [6, 6.07) is 6.15. The number of alkyl halides is 5. The fourth-order valence-corrected chi connectivity index (χ4v) is 4.34. The number of nitrogens with zero attached hydrogens (tertiary/aromatic N) is 2. The molecule has 1 fully saturated rings. The van der Waals surface area contributed by atoms with Gasteiger partial charge in [0.05, 0.1) is 17.3 Å². The highest BCUT2D eigenvalue weighted by Crippen LogP contribution is 2.44. The number of piperidine rings is 1. The van der Waals surface area contributed by atoms with Crippen molar-refractivity contribution in [1.82, 2.24) is 15.1 Å². The van der Waals surface area contributed by atoms with Crippen LogP contribution in [0.25, 0.3) is 10.9 Å². The van der Waals surface area contributed by atoms with Crippen LogP contribution in [0.1, 0.15) is 30.1 Å². The largest absolute Gasteiger partial charge is 0.416 e. The number of halogens is 6. The van der Waals surface area contributed by atoms with Gasteiger partial charge in [-0.2, -0.15) is 18.3 Å². The molecule has 0 aliphatic carbocycles. The molecule has 6 nitrogen and oxygen atoms in total. The molecule has 1 saturated heterocycles.